The van der Waals surface area contributed by atoms with E-state index < -0.39 is 0 Å². The first-order valence-corrected chi connectivity index (χ1v) is 9.16. The Hall–Kier alpha value is -1.40. The summed E-state index contributed by atoms with van der Waals surface area (Å²) in [5.74, 6) is 1.73. The number of hydrogen-bond acceptors (Lipinski definition) is 6. The van der Waals surface area contributed by atoms with Gasteiger partial charge in [-0.05, 0) is 27.2 Å². The lowest BCUT2D eigenvalue weighted by Gasteiger charge is -2.36. The van der Waals surface area contributed by atoms with Crippen molar-refractivity contribution in [3.8, 4) is 0 Å². The van der Waals surface area contributed by atoms with Crippen molar-refractivity contribution in [1.82, 2.24) is 15.0 Å². The first kappa shape index (κ1) is 16.5. The molecule has 124 valence electrons. The highest BCUT2D eigenvalue weighted by Gasteiger charge is 2.23. The van der Waals surface area contributed by atoms with E-state index in [9.17, 15) is 0 Å². The maximum absolute atomic E-state index is 6.30. The van der Waals surface area contributed by atoms with Crippen molar-refractivity contribution >= 4 is 33.9 Å². The summed E-state index contributed by atoms with van der Waals surface area (Å²) in [4.78, 5) is 19.6. The van der Waals surface area contributed by atoms with Gasteiger partial charge in [-0.2, -0.15) is 0 Å². The predicted octanol–water partition coefficient (Wildman–Crippen LogP) is 3.40. The Kier molecular flexibility index (Phi) is 4.73. The Labute approximate surface area is 146 Å². The van der Waals surface area contributed by atoms with Crippen LogP contribution in [0.1, 0.15) is 28.9 Å². The fourth-order valence-electron chi connectivity index (χ4n) is 2.81. The number of rotatable bonds is 3. The smallest absolute Gasteiger partial charge is 0.185 e. The van der Waals surface area contributed by atoms with Gasteiger partial charge in [0.05, 0.1) is 5.69 Å². The second kappa shape index (κ2) is 6.61. The van der Waals surface area contributed by atoms with Crippen molar-refractivity contribution in [2.45, 2.75) is 34.1 Å². The Morgan fingerprint density at radius 3 is 2.22 bits per heavy atom. The van der Waals surface area contributed by atoms with Crippen LogP contribution in [-0.4, -0.2) is 41.1 Å². The number of hydrogen-bond donors (Lipinski definition) is 0. The Morgan fingerprint density at radius 2 is 1.65 bits per heavy atom. The second-order valence-electron chi connectivity index (χ2n) is 5.83. The molecule has 23 heavy (non-hydrogen) atoms. The van der Waals surface area contributed by atoms with Crippen molar-refractivity contribution in [2.24, 2.45) is 0 Å². The van der Waals surface area contributed by atoms with Gasteiger partial charge in [-0.15, -0.1) is 11.3 Å². The van der Waals surface area contributed by atoms with Crippen LogP contribution in [-0.2, 0) is 6.42 Å². The molecule has 0 saturated carbocycles. The zero-order valence-electron chi connectivity index (χ0n) is 14.1. The monoisotopic (exact) mass is 351 g/mol. The maximum atomic E-state index is 6.30. The minimum atomic E-state index is 0.587. The first-order chi connectivity index (χ1) is 11.0. The number of halogens is 1. The second-order valence-corrected chi connectivity index (χ2v) is 7.37. The summed E-state index contributed by atoms with van der Waals surface area (Å²) in [5, 5.41) is 1.72. The molecule has 0 spiro atoms. The summed E-state index contributed by atoms with van der Waals surface area (Å²) < 4.78 is 0. The molecule has 0 aliphatic carbocycles. The van der Waals surface area contributed by atoms with E-state index in [0.29, 0.717) is 5.15 Å². The number of aromatic nitrogens is 3. The lowest BCUT2D eigenvalue weighted by atomic mass is 10.2. The van der Waals surface area contributed by atoms with E-state index in [4.69, 9.17) is 11.6 Å². The van der Waals surface area contributed by atoms with Crippen LogP contribution in [0, 0.1) is 20.8 Å². The number of piperazine rings is 1. The fraction of sp³-hybridized carbons (Fsp3) is 0.562. The standard InChI is InChI=1S/C16H22ClN5S/c1-5-13-14(17)19-12(4)20-15(13)21-6-8-22(9-7-21)16-18-10(2)11(3)23-16/h5-9H2,1-4H3. The molecule has 0 bridgehead atoms. The van der Waals surface area contributed by atoms with Gasteiger partial charge in [-0.3, -0.25) is 0 Å². The zero-order valence-corrected chi connectivity index (χ0v) is 15.6. The summed E-state index contributed by atoms with van der Waals surface area (Å²) in [6, 6.07) is 0. The van der Waals surface area contributed by atoms with Crippen LogP contribution in [0.5, 0.6) is 0 Å². The van der Waals surface area contributed by atoms with Gasteiger partial charge in [0.15, 0.2) is 5.13 Å². The fourth-order valence-corrected chi connectivity index (χ4v) is 4.12. The number of nitrogens with zero attached hydrogens (tertiary/aromatic N) is 5. The SMILES string of the molecule is CCc1c(Cl)nc(C)nc1N1CCN(c2nc(C)c(C)s2)CC1. The lowest BCUT2D eigenvalue weighted by Crippen LogP contribution is -2.47. The van der Waals surface area contributed by atoms with Crippen molar-refractivity contribution < 1.29 is 0 Å². The molecule has 2 aromatic heterocycles. The van der Waals surface area contributed by atoms with Gasteiger partial charge in [-0.25, -0.2) is 15.0 Å². The molecule has 2 aromatic rings. The van der Waals surface area contributed by atoms with Crippen LogP contribution in [0.25, 0.3) is 0 Å². The first-order valence-electron chi connectivity index (χ1n) is 7.96. The van der Waals surface area contributed by atoms with E-state index in [1.807, 2.05) is 6.92 Å². The molecule has 0 radical (unpaired) electrons. The van der Waals surface area contributed by atoms with E-state index >= 15 is 0 Å². The van der Waals surface area contributed by atoms with Gasteiger partial charge in [0.1, 0.15) is 16.8 Å². The maximum Gasteiger partial charge on any atom is 0.185 e. The molecule has 7 heteroatoms. The Morgan fingerprint density at radius 1 is 1.00 bits per heavy atom. The normalized spacial score (nSPS) is 15.3. The van der Waals surface area contributed by atoms with Crippen molar-refractivity contribution in [1.29, 1.82) is 0 Å². The van der Waals surface area contributed by atoms with E-state index in [1.165, 1.54) is 4.88 Å². The van der Waals surface area contributed by atoms with E-state index in [2.05, 4.69) is 45.5 Å². The van der Waals surface area contributed by atoms with E-state index in [1.54, 1.807) is 11.3 Å². The van der Waals surface area contributed by atoms with Gasteiger partial charge >= 0.3 is 0 Å². The van der Waals surface area contributed by atoms with Crippen LogP contribution in [0.4, 0.5) is 10.9 Å². The number of anilines is 2. The van der Waals surface area contributed by atoms with Gasteiger partial charge in [0.2, 0.25) is 0 Å². The van der Waals surface area contributed by atoms with Gasteiger partial charge in [0, 0.05) is 36.6 Å². The minimum Gasteiger partial charge on any atom is -0.353 e. The summed E-state index contributed by atoms with van der Waals surface area (Å²) in [6.45, 7) is 12.0. The molecule has 1 aliphatic heterocycles. The van der Waals surface area contributed by atoms with Crippen LogP contribution in [0.2, 0.25) is 5.15 Å². The molecule has 3 heterocycles. The average molecular weight is 352 g/mol. The van der Waals surface area contributed by atoms with Crippen LogP contribution in [0.3, 0.4) is 0 Å². The van der Waals surface area contributed by atoms with Crippen molar-refractivity contribution in [3.63, 3.8) is 0 Å². The molecule has 3 rings (SSSR count). The molecule has 0 aromatic carbocycles. The number of thiazole rings is 1. The molecule has 1 saturated heterocycles. The predicted molar refractivity (Wildman–Crippen MR) is 97.2 cm³/mol. The van der Waals surface area contributed by atoms with Gasteiger partial charge in [-0.1, -0.05) is 18.5 Å². The third-order valence-corrected chi connectivity index (χ3v) is 5.71. The van der Waals surface area contributed by atoms with Crippen molar-refractivity contribution in [2.75, 3.05) is 36.0 Å². The van der Waals surface area contributed by atoms with Gasteiger partial charge in [0.25, 0.3) is 0 Å². The van der Waals surface area contributed by atoms with Gasteiger partial charge < -0.3 is 9.80 Å². The highest BCUT2D eigenvalue weighted by Crippen LogP contribution is 2.29. The Bertz CT molecular complexity index is 687. The third-order valence-electron chi connectivity index (χ3n) is 4.27. The van der Waals surface area contributed by atoms with Crippen molar-refractivity contribution in [3.05, 3.63) is 27.1 Å². The highest BCUT2D eigenvalue weighted by atomic mass is 35.5. The molecule has 1 aliphatic rings. The summed E-state index contributed by atoms with van der Waals surface area (Å²) in [5.41, 5.74) is 2.19. The lowest BCUT2D eigenvalue weighted by molar-refractivity contribution is 0.641. The van der Waals surface area contributed by atoms with Crippen LogP contribution in [0.15, 0.2) is 0 Å². The largest absolute Gasteiger partial charge is 0.353 e. The quantitative estimate of drug-likeness (QED) is 0.793. The molecule has 0 amide bonds. The molecular weight excluding hydrogens is 330 g/mol. The summed E-state index contributed by atoms with van der Waals surface area (Å²) in [6.07, 6.45) is 0.847. The molecular formula is C16H22ClN5S. The van der Waals surface area contributed by atoms with Crippen LogP contribution >= 0.6 is 22.9 Å². The van der Waals surface area contributed by atoms with E-state index in [0.717, 1.165) is 60.6 Å². The molecule has 0 atom stereocenters. The van der Waals surface area contributed by atoms with E-state index in [-0.39, 0.29) is 0 Å². The molecule has 0 N–H and O–H groups in total. The number of aryl methyl sites for hydroxylation is 3. The minimum absolute atomic E-state index is 0.587. The summed E-state index contributed by atoms with van der Waals surface area (Å²) in [7, 11) is 0. The topological polar surface area (TPSA) is 45.2 Å². The molecule has 0 unspecified atom stereocenters. The highest BCUT2D eigenvalue weighted by molar-refractivity contribution is 7.15. The molecule has 1 fully saturated rings. The van der Waals surface area contributed by atoms with Crippen LogP contribution < -0.4 is 9.80 Å². The zero-order chi connectivity index (χ0) is 16.6. The molecule has 5 nitrogen and oxygen atoms in total. The summed E-state index contributed by atoms with van der Waals surface area (Å²) >= 11 is 8.08. The third kappa shape index (κ3) is 3.28. The Balaban J connectivity index is 1.77. The average Bonchev–Trinajstić information content (AvgIpc) is 2.86.